The number of nitrogens with one attached hydrogen (secondary N) is 2. The van der Waals surface area contributed by atoms with Crippen LogP contribution in [0.4, 0.5) is 5.69 Å². The fraction of sp³-hybridized carbons (Fsp3) is 0.269. The second-order valence-electron chi connectivity index (χ2n) is 9.05. The number of aliphatic carboxylic acids is 1. The summed E-state index contributed by atoms with van der Waals surface area (Å²) in [6, 6.07) is 11.2. The number of anilines is 1. The number of rotatable bonds is 12. The Morgan fingerprint density at radius 2 is 1.95 bits per heavy atom. The van der Waals surface area contributed by atoms with Crippen LogP contribution in [0.1, 0.15) is 33.6 Å². The maximum atomic E-state index is 13.6. The number of carbonyl (C=O) groups excluding carboxylic acids is 1. The number of thiophene rings is 1. The van der Waals surface area contributed by atoms with Gasteiger partial charge in [0.05, 0.1) is 12.3 Å². The number of nitrogens with zero attached hydrogens (tertiary/aromatic N) is 1. The zero-order valence-electron chi connectivity index (χ0n) is 21.4. The van der Waals surface area contributed by atoms with Gasteiger partial charge in [0.15, 0.2) is 5.96 Å². The number of carboxylic acid groups (broad SMARTS) is 1. The van der Waals surface area contributed by atoms with Crippen molar-refractivity contribution in [1.82, 2.24) is 5.32 Å². The number of guanidine groups is 1. The maximum absolute atomic E-state index is 13.6. The molecule has 0 unspecified atom stereocenters. The average molecular weight is 587 g/mol. The fourth-order valence-corrected chi connectivity index (χ4v) is 6.37. The van der Waals surface area contributed by atoms with Crippen molar-refractivity contribution in [2.45, 2.75) is 36.7 Å². The highest BCUT2D eigenvalue weighted by atomic mass is 32.2. The van der Waals surface area contributed by atoms with E-state index in [2.05, 4.69) is 15.0 Å². The highest BCUT2D eigenvalue weighted by Crippen LogP contribution is 2.39. The molecule has 0 bridgehead atoms. The minimum atomic E-state index is -4.21. The van der Waals surface area contributed by atoms with E-state index >= 15 is 0 Å². The van der Waals surface area contributed by atoms with Gasteiger partial charge < -0.3 is 32.4 Å². The maximum Gasteiger partial charge on any atom is 0.326 e. The van der Waals surface area contributed by atoms with Gasteiger partial charge in [-0.15, -0.1) is 11.3 Å². The van der Waals surface area contributed by atoms with E-state index in [1.807, 2.05) is 30.3 Å². The highest BCUT2D eigenvalue weighted by molar-refractivity contribution is 7.92. The summed E-state index contributed by atoms with van der Waals surface area (Å²) < 4.78 is 35.4. The van der Waals surface area contributed by atoms with Crippen LogP contribution in [0, 0.1) is 0 Å². The summed E-state index contributed by atoms with van der Waals surface area (Å²) in [5.41, 5.74) is 19.5. The Hall–Kier alpha value is -4.14. The number of carbonyl (C=O) groups is 2. The normalized spacial score (nSPS) is 13.1. The van der Waals surface area contributed by atoms with Gasteiger partial charge in [-0.05, 0) is 64.7 Å². The highest BCUT2D eigenvalue weighted by Gasteiger charge is 2.29. The molecule has 12 nitrogen and oxygen atoms in total. The minimum Gasteiger partial charge on any atom is -0.492 e. The molecule has 1 amide bonds. The molecule has 9 N–H and O–H groups in total. The molecule has 0 saturated heterocycles. The summed E-state index contributed by atoms with van der Waals surface area (Å²) in [7, 11) is -4.21. The van der Waals surface area contributed by atoms with E-state index in [1.165, 1.54) is 17.5 Å². The van der Waals surface area contributed by atoms with Crippen LogP contribution >= 0.6 is 11.3 Å². The molecule has 1 atom stereocenters. The zero-order chi connectivity index (χ0) is 28.9. The first-order chi connectivity index (χ1) is 19.1. The van der Waals surface area contributed by atoms with E-state index in [-0.39, 0.29) is 40.1 Å². The van der Waals surface area contributed by atoms with Crippen molar-refractivity contribution >= 4 is 44.9 Å². The molecular formula is C26H30N6O6S2. The Balaban J connectivity index is 1.58. The minimum absolute atomic E-state index is 0.0170. The number of carboxylic acids is 1. The van der Waals surface area contributed by atoms with Crippen molar-refractivity contribution in [3.8, 4) is 16.9 Å². The summed E-state index contributed by atoms with van der Waals surface area (Å²) in [5.74, 6) is -1.81. The van der Waals surface area contributed by atoms with Crippen molar-refractivity contribution in [3.05, 3.63) is 63.8 Å². The SMILES string of the molecule is NCc1cccc(-c2cc3c(c(S(=O)(=O)Nc4ccsc4C(=O)N[C@@H](CCCN=C(N)N)C(=O)O)c2)OCC3)c1. The van der Waals surface area contributed by atoms with E-state index in [0.29, 0.717) is 31.6 Å². The first-order valence-electron chi connectivity index (χ1n) is 12.4. The van der Waals surface area contributed by atoms with Crippen LogP contribution in [0.15, 0.2) is 57.7 Å². The van der Waals surface area contributed by atoms with Crippen molar-refractivity contribution in [3.63, 3.8) is 0 Å². The molecule has 0 spiro atoms. The first-order valence-corrected chi connectivity index (χ1v) is 14.7. The third-order valence-corrected chi connectivity index (χ3v) is 8.48. The van der Waals surface area contributed by atoms with Gasteiger partial charge in [-0.3, -0.25) is 14.5 Å². The summed E-state index contributed by atoms with van der Waals surface area (Å²) >= 11 is 0.979. The standard InChI is InChI=1S/C26H30N6O6S2/c27-14-15-3-1-4-16(11-15)18-12-17-6-9-38-22(17)21(13-18)40(36,37)32-19-7-10-39-23(19)24(33)31-20(25(34)35)5-2-8-30-26(28)29/h1,3-4,7,10-13,20,32H,2,5-6,8-9,14,27H2,(H,31,33)(H,34,35)(H4,28,29,30)/t20-/m0/s1. The molecule has 0 aliphatic carbocycles. The van der Waals surface area contributed by atoms with E-state index in [0.717, 1.165) is 28.0 Å². The summed E-state index contributed by atoms with van der Waals surface area (Å²) in [5, 5.41) is 13.5. The zero-order valence-corrected chi connectivity index (χ0v) is 23.1. The summed E-state index contributed by atoms with van der Waals surface area (Å²) in [6.07, 6.45) is 0.939. The Morgan fingerprint density at radius 3 is 2.67 bits per heavy atom. The monoisotopic (exact) mass is 586 g/mol. The van der Waals surface area contributed by atoms with Crippen molar-refractivity contribution in [2.24, 2.45) is 22.2 Å². The van der Waals surface area contributed by atoms with Gasteiger partial charge in [0.2, 0.25) is 0 Å². The molecule has 3 aromatic rings. The fourth-order valence-electron chi connectivity index (χ4n) is 4.27. The number of amides is 1. The second kappa shape index (κ2) is 12.4. The predicted molar refractivity (Wildman–Crippen MR) is 153 cm³/mol. The van der Waals surface area contributed by atoms with Gasteiger partial charge in [0.25, 0.3) is 15.9 Å². The lowest BCUT2D eigenvalue weighted by Gasteiger charge is -2.16. The van der Waals surface area contributed by atoms with Crippen molar-refractivity contribution in [1.29, 1.82) is 0 Å². The molecule has 40 heavy (non-hydrogen) atoms. The van der Waals surface area contributed by atoms with Gasteiger partial charge in [-0.25, -0.2) is 13.2 Å². The first kappa shape index (κ1) is 28.9. The molecule has 0 radical (unpaired) electrons. The third kappa shape index (κ3) is 6.70. The van der Waals surface area contributed by atoms with Gasteiger partial charge in [0, 0.05) is 19.5 Å². The number of ether oxygens (including phenoxy) is 1. The third-order valence-electron chi connectivity index (χ3n) is 6.20. The number of nitrogens with two attached hydrogens (primary N) is 3. The molecule has 2 heterocycles. The smallest absolute Gasteiger partial charge is 0.326 e. The van der Waals surface area contributed by atoms with Gasteiger partial charge in [-0.2, -0.15) is 0 Å². The molecule has 4 rings (SSSR count). The van der Waals surface area contributed by atoms with E-state index in [9.17, 15) is 23.1 Å². The summed E-state index contributed by atoms with van der Waals surface area (Å²) in [4.78, 5) is 28.5. The number of hydrogen-bond donors (Lipinski definition) is 6. The van der Waals surface area contributed by atoms with Crippen molar-refractivity contribution < 1.29 is 27.9 Å². The topological polar surface area (TPSA) is 212 Å². The van der Waals surface area contributed by atoms with Crippen LogP contribution in [0.3, 0.4) is 0 Å². The van der Waals surface area contributed by atoms with Crippen LogP contribution in [-0.2, 0) is 27.8 Å². The Bertz CT molecular complexity index is 1550. The second-order valence-corrected chi connectivity index (χ2v) is 11.6. The molecule has 14 heteroatoms. The average Bonchev–Trinajstić information content (AvgIpc) is 3.58. The van der Waals surface area contributed by atoms with E-state index in [1.54, 1.807) is 0 Å². The lowest BCUT2D eigenvalue weighted by molar-refractivity contribution is -0.139. The van der Waals surface area contributed by atoms with Crippen LogP contribution < -0.4 is 32.0 Å². The largest absolute Gasteiger partial charge is 0.492 e. The number of aliphatic imine (C=N–C) groups is 1. The predicted octanol–water partition coefficient (Wildman–Crippen LogP) is 1.85. The lowest BCUT2D eigenvalue weighted by atomic mass is 10.00. The van der Waals surface area contributed by atoms with Crippen LogP contribution in [0.2, 0.25) is 0 Å². The van der Waals surface area contributed by atoms with E-state index < -0.39 is 27.9 Å². The molecule has 1 aliphatic heterocycles. The number of hydrogen-bond acceptors (Lipinski definition) is 8. The van der Waals surface area contributed by atoms with Gasteiger partial charge >= 0.3 is 5.97 Å². The molecule has 0 fully saturated rings. The number of benzene rings is 2. The summed E-state index contributed by atoms with van der Waals surface area (Å²) in [6.45, 7) is 0.890. The molecule has 2 aromatic carbocycles. The van der Waals surface area contributed by atoms with E-state index in [4.69, 9.17) is 21.9 Å². The lowest BCUT2D eigenvalue weighted by Crippen LogP contribution is -2.40. The van der Waals surface area contributed by atoms with Crippen LogP contribution in [-0.4, -0.2) is 50.6 Å². The van der Waals surface area contributed by atoms with Gasteiger partial charge in [-0.1, -0.05) is 18.2 Å². The van der Waals surface area contributed by atoms with Crippen LogP contribution in [0.5, 0.6) is 5.75 Å². The molecular weight excluding hydrogens is 556 g/mol. The number of fused-ring (bicyclic) bond motifs is 1. The molecule has 0 saturated carbocycles. The van der Waals surface area contributed by atoms with Crippen LogP contribution in [0.25, 0.3) is 11.1 Å². The number of sulfonamides is 1. The molecule has 212 valence electrons. The quantitative estimate of drug-likeness (QED) is 0.104. The Morgan fingerprint density at radius 1 is 1.15 bits per heavy atom. The van der Waals surface area contributed by atoms with Crippen molar-refractivity contribution in [2.75, 3.05) is 17.9 Å². The Kier molecular flexibility index (Phi) is 8.92. The Labute approximate surface area is 235 Å². The van der Waals surface area contributed by atoms with Gasteiger partial charge in [0.1, 0.15) is 21.6 Å². The molecule has 1 aromatic heterocycles. The molecule has 1 aliphatic rings.